The number of guanidine groups is 1. The molecule has 0 unspecified atom stereocenters. The number of alkyl halides is 3. The Morgan fingerprint density at radius 3 is 2.11 bits per heavy atom. The van der Waals surface area contributed by atoms with Crippen molar-refractivity contribution >= 4 is 27.6 Å². The molecule has 0 atom stereocenters. The summed E-state index contributed by atoms with van der Waals surface area (Å²) in [5, 5.41) is 0. The number of carbonyl (C=O) groups is 2. The highest BCUT2D eigenvalue weighted by molar-refractivity contribution is 7.90. The zero-order chi connectivity index (χ0) is 26.1. The van der Waals surface area contributed by atoms with Gasteiger partial charge in [0, 0.05) is 30.5 Å². The van der Waals surface area contributed by atoms with Crippen LogP contribution in [0.3, 0.4) is 0 Å². The SMILES string of the molecule is Cc1cc(C2CCN(C(=O)c3ccc(S(C)(=O)=O)cc3)CC2)c(C(F)(F)F)cc1C(=O)N=C(N)N. The van der Waals surface area contributed by atoms with Gasteiger partial charge in [0.25, 0.3) is 11.8 Å². The van der Waals surface area contributed by atoms with Gasteiger partial charge in [-0.1, -0.05) is 6.07 Å². The van der Waals surface area contributed by atoms with Crippen molar-refractivity contribution in [3.63, 3.8) is 0 Å². The van der Waals surface area contributed by atoms with Gasteiger partial charge >= 0.3 is 6.18 Å². The van der Waals surface area contributed by atoms with Crippen LogP contribution in [0.2, 0.25) is 0 Å². The van der Waals surface area contributed by atoms with E-state index in [9.17, 15) is 31.2 Å². The summed E-state index contributed by atoms with van der Waals surface area (Å²) < 4.78 is 64.8. The third-order valence-corrected chi connectivity index (χ3v) is 7.04. The van der Waals surface area contributed by atoms with Crippen LogP contribution in [0, 0.1) is 6.92 Å². The van der Waals surface area contributed by atoms with Crippen LogP contribution < -0.4 is 11.5 Å². The van der Waals surface area contributed by atoms with E-state index in [1.54, 1.807) is 0 Å². The van der Waals surface area contributed by atoms with Crippen LogP contribution in [0.15, 0.2) is 46.3 Å². The molecule has 188 valence electrons. The van der Waals surface area contributed by atoms with E-state index in [-0.39, 0.29) is 47.9 Å². The van der Waals surface area contributed by atoms with E-state index in [0.29, 0.717) is 11.1 Å². The second-order valence-corrected chi connectivity index (χ2v) is 10.5. The molecule has 0 saturated carbocycles. The lowest BCUT2D eigenvalue weighted by Gasteiger charge is -2.33. The lowest BCUT2D eigenvalue weighted by Crippen LogP contribution is -2.38. The molecule has 1 aliphatic heterocycles. The summed E-state index contributed by atoms with van der Waals surface area (Å²) in [5.41, 5.74) is 9.86. The molecule has 35 heavy (non-hydrogen) atoms. The molecule has 1 fully saturated rings. The first-order valence-corrected chi connectivity index (χ1v) is 12.5. The first-order valence-electron chi connectivity index (χ1n) is 10.6. The van der Waals surface area contributed by atoms with E-state index in [1.807, 2.05) is 0 Å². The minimum Gasteiger partial charge on any atom is -0.370 e. The topological polar surface area (TPSA) is 136 Å². The maximum atomic E-state index is 13.9. The van der Waals surface area contributed by atoms with Gasteiger partial charge in [0.2, 0.25) is 0 Å². The van der Waals surface area contributed by atoms with Gasteiger partial charge in [-0.3, -0.25) is 9.59 Å². The quantitative estimate of drug-likeness (QED) is 0.480. The van der Waals surface area contributed by atoms with Crippen LogP contribution in [-0.4, -0.2) is 50.4 Å². The van der Waals surface area contributed by atoms with Gasteiger partial charge in [0.1, 0.15) is 0 Å². The highest BCUT2D eigenvalue weighted by Crippen LogP contribution is 2.40. The van der Waals surface area contributed by atoms with Crippen LogP contribution in [0.25, 0.3) is 0 Å². The van der Waals surface area contributed by atoms with E-state index < -0.39 is 39.4 Å². The average molecular weight is 511 g/mol. The molecule has 0 aromatic heterocycles. The second kappa shape index (κ2) is 9.68. The predicted octanol–water partition coefficient (Wildman–Crippen LogP) is 2.85. The molecule has 1 aliphatic rings. The number of piperidine rings is 1. The fourth-order valence-corrected chi connectivity index (χ4v) is 4.77. The van der Waals surface area contributed by atoms with Gasteiger partial charge in [-0.05, 0) is 67.1 Å². The molecule has 0 radical (unpaired) electrons. The summed E-state index contributed by atoms with van der Waals surface area (Å²) in [4.78, 5) is 30.0. The van der Waals surface area contributed by atoms with E-state index in [0.717, 1.165) is 12.3 Å². The standard InChI is InChI=1S/C23H25F3N4O4S/c1-13-11-18(19(23(24,25)26)12-17(13)20(31)29-22(27)28)14-7-9-30(10-8-14)21(32)15-3-5-16(6-4-15)35(2,33)34/h3-6,11-12,14H,7-10H2,1-2H3,(H4,27,28,29,31). The number of nitrogens with two attached hydrogens (primary N) is 2. The van der Waals surface area contributed by atoms with Crippen molar-refractivity contribution in [2.75, 3.05) is 19.3 Å². The third kappa shape index (κ3) is 5.99. The molecular weight excluding hydrogens is 485 g/mol. The zero-order valence-electron chi connectivity index (χ0n) is 19.1. The molecule has 1 saturated heterocycles. The zero-order valence-corrected chi connectivity index (χ0v) is 19.9. The molecule has 0 spiro atoms. The fourth-order valence-electron chi connectivity index (χ4n) is 4.14. The van der Waals surface area contributed by atoms with Crippen LogP contribution in [0.5, 0.6) is 0 Å². The lowest BCUT2D eigenvalue weighted by molar-refractivity contribution is -0.138. The normalized spacial score (nSPS) is 15.1. The number of sulfone groups is 1. The Morgan fingerprint density at radius 2 is 1.63 bits per heavy atom. The first kappa shape index (κ1) is 26.2. The Morgan fingerprint density at radius 1 is 1.06 bits per heavy atom. The number of hydrogen-bond donors (Lipinski definition) is 2. The molecule has 0 aliphatic carbocycles. The minimum atomic E-state index is -4.70. The summed E-state index contributed by atoms with van der Waals surface area (Å²) in [5.74, 6) is -2.31. The monoisotopic (exact) mass is 510 g/mol. The van der Waals surface area contributed by atoms with Crippen molar-refractivity contribution in [2.45, 2.75) is 36.8 Å². The summed E-state index contributed by atoms with van der Waals surface area (Å²) in [7, 11) is -3.40. The predicted molar refractivity (Wildman–Crippen MR) is 124 cm³/mol. The maximum absolute atomic E-state index is 13.9. The highest BCUT2D eigenvalue weighted by Gasteiger charge is 2.37. The first-order chi connectivity index (χ1) is 16.2. The van der Waals surface area contributed by atoms with Crippen molar-refractivity contribution in [2.24, 2.45) is 16.5 Å². The van der Waals surface area contributed by atoms with E-state index in [4.69, 9.17) is 11.5 Å². The molecule has 12 heteroatoms. The Kier molecular flexibility index (Phi) is 7.25. The van der Waals surface area contributed by atoms with Crippen LogP contribution in [-0.2, 0) is 16.0 Å². The number of carbonyl (C=O) groups excluding carboxylic acids is 2. The highest BCUT2D eigenvalue weighted by atomic mass is 32.2. The van der Waals surface area contributed by atoms with Crippen LogP contribution >= 0.6 is 0 Å². The molecule has 1 heterocycles. The third-order valence-electron chi connectivity index (χ3n) is 5.91. The van der Waals surface area contributed by atoms with E-state index in [2.05, 4.69) is 4.99 Å². The van der Waals surface area contributed by atoms with Gasteiger partial charge in [-0.15, -0.1) is 0 Å². The van der Waals surface area contributed by atoms with Crippen LogP contribution in [0.1, 0.15) is 56.2 Å². The molecular formula is C23H25F3N4O4S. The molecule has 8 nitrogen and oxygen atoms in total. The molecule has 2 aromatic carbocycles. The Balaban J connectivity index is 1.82. The number of rotatable bonds is 4. The Labute approximate surface area is 200 Å². The van der Waals surface area contributed by atoms with Crippen molar-refractivity contribution < 1.29 is 31.2 Å². The summed E-state index contributed by atoms with van der Waals surface area (Å²) in [6.45, 7) is 1.96. The molecule has 0 bridgehead atoms. The Bertz CT molecular complexity index is 1280. The van der Waals surface area contributed by atoms with E-state index in [1.165, 1.54) is 42.2 Å². The number of aryl methyl sites for hydroxylation is 1. The lowest BCUT2D eigenvalue weighted by atomic mass is 9.84. The number of nitrogens with zero attached hydrogens (tertiary/aromatic N) is 2. The molecule has 2 amide bonds. The number of likely N-dealkylation sites (tertiary alicyclic amines) is 1. The van der Waals surface area contributed by atoms with Crippen molar-refractivity contribution in [1.82, 2.24) is 4.90 Å². The summed E-state index contributed by atoms with van der Waals surface area (Å²) >= 11 is 0. The van der Waals surface area contributed by atoms with Gasteiger partial charge in [0.05, 0.1) is 10.5 Å². The van der Waals surface area contributed by atoms with Gasteiger partial charge in [-0.25, -0.2) is 8.42 Å². The van der Waals surface area contributed by atoms with Crippen molar-refractivity contribution in [1.29, 1.82) is 0 Å². The van der Waals surface area contributed by atoms with Gasteiger partial charge < -0.3 is 16.4 Å². The number of aliphatic imine (C=N–C) groups is 1. The van der Waals surface area contributed by atoms with Gasteiger partial charge in [0.15, 0.2) is 15.8 Å². The van der Waals surface area contributed by atoms with Gasteiger partial charge in [-0.2, -0.15) is 18.2 Å². The summed E-state index contributed by atoms with van der Waals surface area (Å²) in [6, 6.07) is 7.65. The second-order valence-electron chi connectivity index (χ2n) is 8.46. The fraction of sp³-hybridized carbons (Fsp3) is 0.348. The minimum absolute atomic E-state index is 0.0563. The number of benzene rings is 2. The summed E-state index contributed by atoms with van der Waals surface area (Å²) in [6.07, 6.45) is -3.06. The molecule has 3 rings (SSSR count). The maximum Gasteiger partial charge on any atom is 0.416 e. The largest absolute Gasteiger partial charge is 0.416 e. The number of hydrogen-bond acceptors (Lipinski definition) is 4. The average Bonchev–Trinajstić information content (AvgIpc) is 2.76. The van der Waals surface area contributed by atoms with Crippen molar-refractivity contribution in [3.8, 4) is 0 Å². The molecule has 2 aromatic rings. The van der Waals surface area contributed by atoms with Crippen molar-refractivity contribution in [3.05, 3.63) is 64.2 Å². The number of amides is 2. The molecule has 4 N–H and O–H groups in total. The number of halogens is 3. The Hall–Kier alpha value is -3.41. The van der Waals surface area contributed by atoms with E-state index >= 15 is 0 Å². The smallest absolute Gasteiger partial charge is 0.370 e. The van der Waals surface area contributed by atoms with Crippen LogP contribution in [0.4, 0.5) is 13.2 Å².